The number of carbonyl (C=O) groups excluding carboxylic acids is 1. The zero-order valence-electron chi connectivity index (χ0n) is 16.4. The van der Waals surface area contributed by atoms with Crippen molar-refractivity contribution in [2.75, 3.05) is 5.32 Å². The molecule has 0 radical (unpaired) electrons. The molecule has 4 aromatic rings. The van der Waals surface area contributed by atoms with Crippen LogP contribution in [0, 0.1) is 6.92 Å². The van der Waals surface area contributed by atoms with E-state index in [0.717, 1.165) is 5.75 Å². The molecule has 0 aliphatic rings. The first kappa shape index (κ1) is 19.7. The lowest BCUT2D eigenvalue weighted by Crippen LogP contribution is -2.30. The van der Waals surface area contributed by atoms with Gasteiger partial charge in [-0.15, -0.1) is 10.2 Å². The van der Waals surface area contributed by atoms with E-state index in [1.807, 2.05) is 43.3 Å². The number of para-hydroxylation sites is 2. The highest BCUT2D eigenvalue weighted by atomic mass is 32.1. The molecule has 1 atom stereocenters. The molecule has 8 nitrogen and oxygen atoms in total. The van der Waals surface area contributed by atoms with Crippen molar-refractivity contribution in [2.24, 2.45) is 0 Å². The van der Waals surface area contributed by atoms with E-state index in [0.29, 0.717) is 26.9 Å². The minimum Gasteiger partial charge on any atom is -0.483 e. The average molecular weight is 421 g/mol. The SMILES string of the molecule is Cc1nc2ccccc2c(=O)n1CC(=O)Nc1nnc(C(C)Oc2ccccc2)s1. The number of rotatable bonds is 6. The van der Waals surface area contributed by atoms with E-state index >= 15 is 0 Å². The standard InChI is InChI=1S/C21H19N5O3S/c1-13(29-15-8-4-3-5-9-15)19-24-25-21(30-19)23-18(27)12-26-14(2)22-17-11-7-6-10-16(17)20(26)28/h3-11,13H,12H2,1-2H3,(H,23,25,27). The fourth-order valence-corrected chi connectivity index (χ4v) is 3.71. The zero-order chi connectivity index (χ0) is 21.1. The first-order valence-electron chi connectivity index (χ1n) is 9.32. The van der Waals surface area contributed by atoms with Gasteiger partial charge in [-0.2, -0.15) is 0 Å². The molecule has 0 saturated heterocycles. The van der Waals surface area contributed by atoms with Crippen LogP contribution in [-0.2, 0) is 11.3 Å². The molecule has 0 spiro atoms. The molecule has 0 fully saturated rings. The first-order valence-corrected chi connectivity index (χ1v) is 10.1. The van der Waals surface area contributed by atoms with Gasteiger partial charge in [0.05, 0.1) is 10.9 Å². The third kappa shape index (κ3) is 4.20. The molecule has 0 saturated carbocycles. The second-order valence-corrected chi connectivity index (χ2v) is 7.64. The Kier molecular flexibility index (Phi) is 5.53. The van der Waals surface area contributed by atoms with E-state index in [2.05, 4.69) is 20.5 Å². The summed E-state index contributed by atoms with van der Waals surface area (Å²) < 4.78 is 7.18. The zero-order valence-corrected chi connectivity index (χ0v) is 17.2. The quantitative estimate of drug-likeness (QED) is 0.513. The minimum atomic E-state index is -0.378. The van der Waals surface area contributed by atoms with Crippen molar-refractivity contribution in [1.82, 2.24) is 19.7 Å². The molecule has 1 unspecified atom stereocenters. The lowest BCUT2D eigenvalue weighted by atomic mass is 10.2. The number of amides is 1. The summed E-state index contributed by atoms with van der Waals surface area (Å²) in [6.07, 6.45) is -0.315. The molecule has 4 rings (SSSR count). The summed E-state index contributed by atoms with van der Waals surface area (Å²) in [4.78, 5) is 29.6. The molecular formula is C21H19N5O3S. The van der Waals surface area contributed by atoms with Crippen LogP contribution in [0.3, 0.4) is 0 Å². The minimum absolute atomic E-state index is 0.159. The maximum Gasteiger partial charge on any atom is 0.261 e. The van der Waals surface area contributed by atoms with Crippen molar-refractivity contribution in [3.8, 4) is 5.75 Å². The molecule has 1 N–H and O–H groups in total. The number of nitrogens with one attached hydrogen (secondary N) is 1. The van der Waals surface area contributed by atoms with Crippen molar-refractivity contribution in [3.05, 3.63) is 75.8 Å². The van der Waals surface area contributed by atoms with Gasteiger partial charge in [0, 0.05) is 0 Å². The number of hydrogen-bond acceptors (Lipinski definition) is 7. The van der Waals surface area contributed by atoms with Gasteiger partial charge in [-0.3, -0.25) is 19.5 Å². The van der Waals surface area contributed by atoms with Gasteiger partial charge in [-0.1, -0.05) is 41.7 Å². The Hall–Kier alpha value is -3.59. The summed E-state index contributed by atoms with van der Waals surface area (Å²) in [5.41, 5.74) is 0.355. The van der Waals surface area contributed by atoms with Crippen LogP contribution < -0.4 is 15.6 Å². The second-order valence-electron chi connectivity index (χ2n) is 6.63. The van der Waals surface area contributed by atoms with Gasteiger partial charge in [-0.25, -0.2) is 4.98 Å². The van der Waals surface area contributed by atoms with Gasteiger partial charge < -0.3 is 4.74 Å². The van der Waals surface area contributed by atoms with E-state index in [-0.39, 0.29) is 24.1 Å². The lowest BCUT2D eigenvalue weighted by Gasteiger charge is -2.11. The molecule has 0 aliphatic heterocycles. The van der Waals surface area contributed by atoms with Crippen LogP contribution in [0.5, 0.6) is 5.75 Å². The van der Waals surface area contributed by atoms with Crippen molar-refractivity contribution < 1.29 is 9.53 Å². The fraction of sp³-hybridized carbons (Fsp3) is 0.190. The Morgan fingerprint density at radius 2 is 1.87 bits per heavy atom. The van der Waals surface area contributed by atoms with Gasteiger partial charge in [0.1, 0.15) is 24.2 Å². The summed E-state index contributed by atoms with van der Waals surface area (Å²) >= 11 is 1.23. The van der Waals surface area contributed by atoms with Crippen LogP contribution in [0.25, 0.3) is 10.9 Å². The number of aromatic nitrogens is 4. The predicted octanol–water partition coefficient (Wildman–Crippen LogP) is 3.34. The van der Waals surface area contributed by atoms with E-state index in [1.54, 1.807) is 25.1 Å². The maximum atomic E-state index is 12.7. The number of benzene rings is 2. The van der Waals surface area contributed by atoms with Crippen LogP contribution in [0.15, 0.2) is 59.4 Å². The monoisotopic (exact) mass is 421 g/mol. The van der Waals surface area contributed by atoms with Gasteiger partial charge in [-0.05, 0) is 38.1 Å². The summed E-state index contributed by atoms with van der Waals surface area (Å²) in [5, 5.41) is 12.3. The van der Waals surface area contributed by atoms with Crippen molar-refractivity contribution >= 4 is 33.3 Å². The van der Waals surface area contributed by atoms with Crippen LogP contribution in [-0.4, -0.2) is 25.7 Å². The molecular weight excluding hydrogens is 402 g/mol. The summed E-state index contributed by atoms with van der Waals surface area (Å²) in [6, 6.07) is 16.5. The Morgan fingerprint density at radius 1 is 1.13 bits per heavy atom. The Morgan fingerprint density at radius 3 is 2.67 bits per heavy atom. The highest BCUT2D eigenvalue weighted by molar-refractivity contribution is 7.15. The number of anilines is 1. The van der Waals surface area contributed by atoms with Gasteiger partial charge in [0.25, 0.3) is 5.56 Å². The number of nitrogens with zero attached hydrogens (tertiary/aromatic N) is 4. The highest BCUT2D eigenvalue weighted by Crippen LogP contribution is 2.26. The van der Waals surface area contributed by atoms with Gasteiger partial charge in [0.15, 0.2) is 5.01 Å². The average Bonchev–Trinajstić information content (AvgIpc) is 3.20. The largest absolute Gasteiger partial charge is 0.483 e. The van der Waals surface area contributed by atoms with Crippen LogP contribution in [0.4, 0.5) is 5.13 Å². The van der Waals surface area contributed by atoms with E-state index in [9.17, 15) is 9.59 Å². The summed E-state index contributed by atoms with van der Waals surface area (Å²) in [6.45, 7) is 3.41. The molecule has 0 bridgehead atoms. The molecule has 30 heavy (non-hydrogen) atoms. The molecule has 9 heteroatoms. The van der Waals surface area contributed by atoms with Crippen molar-refractivity contribution in [2.45, 2.75) is 26.5 Å². The fourth-order valence-electron chi connectivity index (χ4n) is 2.97. The molecule has 2 aromatic heterocycles. The third-order valence-electron chi connectivity index (χ3n) is 4.45. The number of aryl methyl sites for hydroxylation is 1. The normalized spacial score (nSPS) is 11.9. The predicted molar refractivity (Wildman–Crippen MR) is 115 cm³/mol. The third-order valence-corrected chi connectivity index (χ3v) is 5.44. The Labute approximate surface area is 176 Å². The van der Waals surface area contributed by atoms with Gasteiger partial charge >= 0.3 is 0 Å². The maximum absolute atomic E-state index is 12.7. The Balaban J connectivity index is 1.45. The van der Waals surface area contributed by atoms with Crippen LogP contribution >= 0.6 is 11.3 Å². The Bertz CT molecular complexity index is 1250. The molecule has 0 aliphatic carbocycles. The van der Waals surface area contributed by atoms with E-state index in [1.165, 1.54) is 15.9 Å². The molecule has 152 valence electrons. The summed E-state index contributed by atoms with van der Waals surface area (Å²) in [5.74, 6) is 0.817. The van der Waals surface area contributed by atoms with E-state index < -0.39 is 0 Å². The van der Waals surface area contributed by atoms with Crippen LogP contribution in [0.2, 0.25) is 0 Å². The number of hydrogen-bond donors (Lipinski definition) is 1. The lowest BCUT2D eigenvalue weighted by molar-refractivity contribution is -0.116. The van der Waals surface area contributed by atoms with Crippen molar-refractivity contribution in [1.29, 1.82) is 0 Å². The number of ether oxygens (including phenoxy) is 1. The first-order chi connectivity index (χ1) is 14.5. The van der Waals surface area contributed by atoms with Gasteiger partial charge in [0.2, 0.25) is 11.0 Å². The topological polar surface area (TPSA) is 99.0 Å². The van der Waals surface area contributed by atoms with E-state index in [4.69, 9.17) is 4.74 Å². The highest BCUT2D eigenvalue weighted by Gasteiger charge is 2.16. The summed E-state index contributed by atoms with van der Waals surface area (Å²) in [7, 11) is 0. The number of fused-ring (bicyclic) bond motifs is 1. The van der Waals surface area contributed by atoms with Crippen molar-refractivity contribution in [3.63, 3.8) is 0 Å². The molecule has 2 heterocycles. The molecule has 1 amide bonds. The molecule has 2 aromatic carbocycles. The number of carbonyl (C=O) groups is 1. The smallest absolute Gasteiger partial charge is 0.261 e. The second kappa shape index (κ2) is 8.42. The van der Waals surface area contributed by atoms with Crippen LogP contribution in [0.1, 0.15) is 23.9 Å².